The second kappa shape index (κ2) is 7.09. The summed E-state index contributed by atoms with van der Waals surface area (Å²) in [5.74, 6) is -0.265. The summed E-state index contributed by atoms with van der Waals surface area (Å²) in [7, 11) is 3.31. The van der Waals surface area contributed by atoms with Crippen molar-refractivity contribution in [2.45, 2.75) is 6.54 Å². The van der Waals surface area contributed by atoms with Crippen LogP contribution in [0, 0.1) is 0 Å². The third-order valence-electron chi connectivity index (χ3n) is 4.25. The lowest BCUT2D eigenvalue weighted by atomic mass is 10.1. The first kappa shape index (κ1) is 17.8. The summed E-state index contributed by atoms with van der Waals surface area (Å²) in [5, 5.41) is 4.42. The van der Waals surface area contributed by atoms with E-state index in [4.69, 9.17) is 22.1 Å². The SMILES string of the molecule is COc1cc(C(N)=O)ccc1CNC(=O)c1cc2ccc(Cl)cc2n1C. The maximum absolute atomic E-state index is 12.6. The summed E-state index contributed by atoms with van der Waals surface area (Å²) in [5.41, 5.74) is 7.77. The number of hydrogen-bond acceptors (Lipinski definition) is 3. The van der Waals surface area contributed by atoms with Crippen molar-refractivity contribution in [2.75, 3.05) is 7.11 Å². The molecule has 134 valence electrons. The van der Waals surface area contributed by atoms with Crippen molar-refractivity contribution in [1.82, 2.24) is 9.88 Å². The van der Waals surface area contributed by atoms with Crippen LogP contribution >= 0.6 is 11.6 Å². The maximum atomic E-state index is 12.6. The summed E-state index contributed by atoms with van der Waals surface area (Å²) >= 11 is 6.03. The molecule has 0 bridgehead atoms. The van der Waals surface area contributed by atoms with E-state index in [1.807, 2.05) is 25.2 Å². The van der Waals surface area contributed by atoms with Crippen LogP contribution in [-0.2, 0) is 13.6 Å². The number of hydrogen-bond donors (Lipinski definition) is 2. The second-order valence-electron chi connectivity index (χ2n) is 5.87. The highest BCUT2D eigenvalue weighted by molar-refractivity contribution is 6.31. The van der Waals surface area contributed by atoms with Crippen molar-refractivity contribution in [3.63, 3.8) is 0 Å². The third kappa shape index (κ3) is 3.36. The number of aryl methyl sites for hydroxylation is 1. The van der Waals surface area contributed by atoms with Gasteiger partial charge in [-0.2, -0.15) is 0 Å². The molecule has 0 spiro atoms. The van der Waals surface area contributed by atoms with Gasteiger partial charge in [-0.3, -0.25) is 9.59 Å². The zero-order chi connectivity index (χ0) is 18.8. The Morgan fingerprint density at radius 3 is 2.65 bits per heavy atom. The van der Waals surface area contributed by atoms with E-state index in [1.165, 1.54) is 7.11 Å². The number of benzene rings is 2. The minimum atomic E-state index is -0.534. The Bertz CT molecular complexity index is 1010. The predicted molar refractivity (Wildman–Crippen MR) is 101 cm³/mol. The standard InChI is InChI=1S/C19H18ClN3O3/c1-23-15-9-14(20)6-5-11(15)7-16(23)19(25)22-10-13-4-3-12(18(21)24)8-17(13)26-2/h3-9H,10H2,1-2H3,(H2,21,24)(H,22,25). The molecule has 6 nitrogen and oxygen atoms in total. The summed E-state index contributed by atoms with van der Waals surface area (Å²) in [6, 6.07) is 12.2. The summed E-state index contributed by atoms with van der Waals surface area (Å²) in [6.45, 7) is 0.253. The Hall–Kier alpha value is -2.99. The first-order valence-corrected chi connectivity index (χ1v) is 8.28. The molecule has 26 heavy (non-hydrogen) atoms. The van der Waals surface area contributed by atoms with Crippen LogP contribution in [0.2, 0.25) is 5.02 Å². The number of carbonyl (C=O) groups excluding carboxylic acids is 2. The van der Waals surface area contributed by atoms with E-state index in [1.54, 1.807) is 28.8 Å². The van der Waals surface area contributed by atoms with Gasteiger partial charge in [0.15, 0.2) is 0 Å². The third-order valence-corrected chi connectivity index (χ3v) is 4.49. The topological polar surface area (TPSA) is 86.3 Å². The molecule has 1 heterocycles. The zero-order valence-corrected chi connectivity index (χ0v) is 15.1. The molecule has 0 fully saturated rings. The number of rotatable bonds is 5. The number of primary amides is 1. The van der Waals surface area contributed by atoms with Gasteiger partial charge in [0.05, 0.1) is 7.11 Å². The number of nitrogens with two attached hydrogens (primary N) is 1. The first-order valence-electron chi connectivity index (χ1n) is 7.90. The number of aromatic nitrogens is 1. The molecule has 0 aliphatic heterocycles. The van der Waals surface area contributed by atoms with E-state index >= 15 is 0 Å². The van der Waals surface area contributed by atoms with Gasteiger partial charge in [-0.05, 0) is 30.3 Å². The highest BCUT2D eigenvalue weighted by atomic mass is 35.5. The van der Waals surface area contributed by atoms with Gasteiger partial charge >= 0.3 is 0 Å². The van der Waals surface area contributed by atoms with Crippen LogP contribution in [0.4, 0.5) is 0 Å². The number of nitrogens with one attached hydrogen (secondary N) is 1. The van der Waals surface area contributed by atoms with Gasteiger partial charge in [0.1, 0.15) is 11.4 Å². The number of carbonyl (C=O) groups is 2. The van der Waals surface area contributed by atoms with Crippen LogP contribution in [0.25, 0.3) is 10.9 Å². The highest BCUT2D eigenvalue weighted by Crippen LogP contribution is 2.23. The van der Waals surface area contributed by atoms with Crippen LogP contribution in [0.1, 0.15) is 26.4 Å². The van der Waals surface area contributed by atoms with Crippen LogP contribution in [-0.4, -0.2) is 23.5 Å². The molecule has 3 rings (SSSR count). The van der Waals surface area contributed by atoms with Crippen molar-refractivity contribution in [2.24, 2.45) is 12.8 Å². The Labute approximate surface area is 155 Å². The highest BCUT2D eigenvalue weighted by Gasteiger charge is 2.15. The van der Waals surface area contributed by atoms with Crippen molar-refractivity contribution < 1.29 is 14.3 Å². The number of ether oxygens (including phenoxy) is 1. The molecule has 0 radical (unpaired) electrons. The quantitative estimate of drug-likeness (QED) is 0.723. The lowest BCUT2D eigenvalue weighted by Crippen LogP contribution is -2.25. The van der Waals surface area contributed by atoms with Crippen LogP contribution in [0.15, 0.2) is 42.5 Å². The van der Waals surface area contributed by atoms with E-state index in [0.29, 0.717) is 22.0 Å². The molecule has 2 aromatic carbocycles. The molecular formula is C19H18ClN3O3. The van der Waals surface area contributed by atoms with Crippen molar-refractivity contribution in [3.05, 3.63) is 64.3 Å². The average molecular weight is 372 g/mol. The van der Waals surface area contributed by atoms with E-state index in [2.05, 4.69) is 5.32 Å². The summed E-state index contributed by atoms with van der Waals surface area (Å²) < 4.78 is 7.08. The fourth-order valence-corrected chi connectivity index (χ4v) is 3.00. The lowest BCUT2D eigenvalue weighted by Gasteiger charge is -2.11. The number of fused-ring (bicyclic) bond motifs is 1. The molecule has 0 aliphatic carbocycles. The molecule has 3 N–H and O–H groups in total. The van der Waals surface area contributed by atoms with Crippen molar-refractivity contribution in [3.8, 4) is 5.75 Å². The number of nitrogens with zero attached hydrogens (tertiary/aromatic N) is 1. The number of halogens is 1. The van der Waals surface area contributed by atoms with Gasteiger partial charge in [-0.25, -0.2) is 0 Å². The molecule has 0 aliphatic rings. The van der Waals surface area contributed by atoms with Gasteiger partial charge in [0.25, 0.3) is 5.91 Å². The Kier molecular flexibility index (Phi) is 4.86. The minimum absolute atomic E-state index is 0.221. The molecule has 1 aromatic heterocycles. The Morgan fingerprint density at radius 2 is 1.96 bits per heavy atom. The first-order chi connectivity index (χ1) is 12.4. The average Bonchev–Trinajstić information content (AvgIpc) is 2.95. The van der Waals surface area contributed by atoms with Gasteiger partial charge in [-0.1, -0.05) is 23.7 Å². The Morgan fingerprint density at radius 1 is 1.19 bits per heavy atom. The molecule has 0 saturated carbocycles. The van der Waals surface area contributed by atoms with E-state index < -0.39 is 5.91 Å². The molecule has 0 unspecified atom stereocenters. The smallest absolute Gasteiger partial charge is 0.268 e. The normalized spacial score (nSPS) is 10.7. The monoisotopic (exact) mass is 371 g/mol. The largest absolute Gasteiger partial charge is 0.496 e. The zero-order valence-electron chi connectivity index (χ0n) is 14.4. The second-order valence-corrected chi connectivity index (χ2v) is 6.30. The van der Waals surface area contributed by atoms with Crippen LogP contribution in [0.5, 0.6) is 5.75 Å². The van der Waals surface area contributed by atoms with Gasteiger partial charge in [-0.15, -0.1) is 0 Å². The minimum Gasteiger partial charge on any atom is -0.496 e. The fraction of sp³-hybridized carbons (Fsp3) is 0.158. The summed E-state index contributed by atoms with van der Waals surface area (Å²) in [4.78, 5) is 23.9. The fourth-order valence-electron chi connectivity index (χ4n) is 2.83. The van der Waals surface area contributed by atoms with Crippen LogP contribution in [0.3, 0.4) is 0 Å². The van der Waals surface area contributed by atoms with Crippen molar-refractivity contribution in [1.29, 1.82) is 0 Å². The van der Waals surface area contributed by atoms with E-state index in [0.717, 1.165) is 16.5 Å². The van der Waals surface area contributed by atoms with E-state index in [9.17, 15) is 9.59 Å². The van der Waals surface area contributed by atoms with E-state index in [-0.39, 0.29) is 12.5 Å². The van der Waals surface area contributed by atoms with Crippen molar-refractivity contribution >= 4 is 34.3 Å². The maximum Gasteiger partial charge on any atom is 0.268 e. The molecular weight excluding hydrogens is 354 g/mol. The number of amides is 2. The molecule has 2 amide bonds. The van der Waals surface area contributed by atoms with Gasteiger partial charge in [0.2, 0.25) is 5.91 Å². The predicted octanol–water partition coefficient (Wildman–Crippen LogP) is 2.87. The van der Waals surface area contributed by atoms with Crippen LogP contribution < -0.4 is 15.8 Å². The number of methoxy groups -OCH3 is 1. The van der Waals surface area contributed by atoms with Gasteiger partial charge < -0.3 is 20.4 Å². The summed E-state index contributed by atoms with van der Waals surface area (Å²) in [6.07, 6.45) is 0. The molecule has 0 atom stereocenters. The molecule has 0 saturated heterocycles. The molecule has 7 heteroatoms. The Balaban J connectivity index is 1.81. The molecule has 3 aromatic rings. The lowest BCUT2D eigenvalue weighted by molar-refractivity contribution is 0.0941. The van der Waals surface area contributed by atoms with Gasteiger partial charge in [0, 0.05) is 40.6 Å².